The number of sulfonamides is 1. The van der Waals surface area contributed by atoms with Gasteiger partial charge >= 0.3 is 6.18 Å². The molecule has 32 heavy (non-hydrogen) atoms. The number of amides is 1. The van der Waals surface area contributed by atoms with E-state index in [0.29, 0.717) is 0 Å². The lowest BCUT2D eigenvalue weighted by atomic mass is 9.95. The van der Waals surface area contributed by atoms with E-state index in [0.717, 1.165) is 34.6 Å². The van der Waals surface area contributed by atoms with Crippen LogP contribution in [0.2, 0.25) is 0 Å². The quantitative estimate of drug-likeness (QED) is 0.595. The molecule has 2 aromatic carbocycles. The standard InChI is InChI=1S/C22H19F3N2O3S2/c23-22(24,25)18-8-3-5-15(11-18)13-26-21(28)19-12-16-6-1-2-7-17(16)14-27(19)32(29,30)20-9-4-10-31-20/h1-11,19H,12-14H2,(H,26,28). The van der Waals surface area contributed by atoms with Crippen molar-refractivity contribution in [2.75, 3.05) is 0 Å². The number of carbonyl (C=O) groups is 1. The molecule has 3 aromatic rings. The van der Waals surface area contributed by atoms with Gasteiger partial charge in [0.25, 0.3) is 10.0 Å². The van der Waals surface area contributed by atoms with Crippen LogP contribution in [-0.4, -0.2) is 24.7 Å². The van der Waals surface area contributed by atoms with Gasteiger partial charge in [0.05, 0.1) is 5.56 Å². The average Bonchev–Trinajstić information content (AvgIpc) is 3.32. The van der Waals surface area contributed by atoms with E-state index in [1.54, 1.807) is 11.4 Å². The maximum atomic E-state index is 13.2. The summed E-state index contributed by atoms with van der Waals surface area (Å²) < 4.78 is 66.6. The molecule has 4 rings (SSSR count). The van der Waals surface area contributed by atoms with Gasteiger partial charge in [0.1, 0.15) is 10.3 Å². The van der Waals surface area contributed by atoms with Crippen LogP contribution in [0.25, 0.3) is 0 Å². The first-order valence-electron chi connectivity index (χ1n) is 9.72. The highest BCUT2D eigenvalue weighted by atomic mass is 32.2. The molecule has 168 valence electrons. The van der Waals surface area contributed by atoms with Crippen LogP contribution in [-0.2, 0) is 40.5 Å². The van der Waals surface area contributed by atoms with Crippen LogP contribution in [0.4, 0.5) is 13.2 Å². The number of carbonyl (C=O) groups excluding carboxylic acids is 1. The van der Waals surface area contributed by atoms with Gasteiger partial charge in [0.15, 0.2) is 0 Å². The third-order valence-corrected chi connectivity index (χ3v) is 8.51. The van der Waals surface area contributed by atoms with E-state index in [1.165, 1.54) is 22.5 Å². The summed E-state index contributed by atoms with van der Waals surface area (Å²) in [6.45, 7) is -0.105. The number of hydrogen-bond donors (Lipinski definition) is 1. The minimum Gasteiger partial charge on any atom is -0.351 e. The van der Waals surface area contributed by atoms with E-state index in [9.17, 15) is 26.4 Å². The van der Waals surface area contributed by atoms with Crippen molar-refractivity contribution in [1.29, 1.82) is 0 Å². The highest BCUT2D eigenvalue weighted by Gasteiger charge is 2.40. The maximum Gasteiger partial charge on any atom is 0.416 e. The van der Waals surface area contributed by atoms with Crippen LogP contribution in [0.3, 0.4) is 0 Å². The van der Waals surface area contributed by atoms with Crippen molar-refractivity contribution < 1.29 is 26.4 Å². The Morgan fingerprint density at radius 2 is 1.81 bits per heavy atom. The van der Waals surface area contributed by atoms with Crippen LogP contribution in [0, 0.1) is 0 Å². The summed E-state index contributed by atoms with van der Waals surface area (Å²) in [6, 6.07) is 14.1. The Kier molecular flexibility index (Phi) is 6.11. The van der Waals surface area contributed by atoms with Crippen LogP contribution in [0.1, 0.15) is 22.3 Å². The Morgan fingerprint density at radius 3 is 2.50 bits per heavy atom. The molecule has 0 bridgehead atoms. The highest BCUT2D eigenvalue weighted by molar-refractivity contribution is 7.91. The Labute approximate surface area is 187 Å². The van der Waals surface area contributed by atoms with Gasteiger partial charge in [0, 0.05) is 13.1 Å². The molecule has 0 spiro atoms. The van der Waals surface area contributed by atoms with E-state index in [4.69, 9.17) is 0 Å². The molecule has 2 heterocycles. The van der Waals surface area contributed by atoms with Gasteiger partial charge in [-0.25, -0.2) is 8.42 Å². The molecule has 1 aliphatic rings. The minimum atomic E-state index is -4.49. The van der Waals surface area contributed by atoms with Crippen LogP contribution in [0.15, 0.2) is 70.3 Å². The maximum absolute atomic E-state index is 13.2. The van der Waals surface area contributed by atoms with Crippen molar-refractivity contribution in [3.63, 3.8) is 0 Å². The fourth-order valence-electron chi connectivity index (χ4n) is 3.67. The molecule has 0 aliphatic carbocycles. The molecule has 0 radical (unpaired) electrons. The summed E-state index contributed by atoms with van der Waals surface area (Å²) in [5, 5.41) is 4.26. The fraction of sp³-hybridized carbons (Fsp3) is 0.227. The van der Waals surface area contributed by atoms with E-state index >= 15 is 0 Å². The molecule has 0 fully saturated rings. The Balaban J connectivity index is 1.59. The summed E-state index contributed by atoms with van der Waals surface area (Å²) in [7, 11) is -3.92. The number of rotatable bonds is 5. The molecule has 1 atom stereocenters. The average molecular weight is 481 g/mol. The molecule has 5 nitrogen and oxygen atoms in total. The second kappa shape index (κ2) is 8.68. The summed E-state index contributed by atoms with van der Waals surface area (Å²) in [5.74, 6) is -0.558. The van der Waals surface area contributed by atoms with Crippen LogP contribution >= 0.6 is 11.3 Å². The predicted molar refractivity (Wildman–Crippen MR) is 114 cm³/mol. The van der Waals surface area contributed by atoms with Gasteiger partial charge in [-0.1, -0.05) is 42.5 Å². The van der Waals surface area contributed by atoms with Gasteiger partial charge in [-0.3, -0.25) is 4.79 Å². The molecule has 1 aliphatic heterocycles. The molecular formula is C22H19F3N2O3S2. The van der Waals surface area contributed by atoms with Gasteiger partial charge in [-0.05, 0) is 46.7 Å². The van der Waals surface area contributed by atoms with Crippen LogP contribution < -0.4 is 5.32 Å². The zero-order chi connectivity index (χ0) is 22.9. The molecule has 10 heteroatoms. The SMILES string of the molecule is O=C(NCc1cccc(C(F)(F)F)c1)C1Cc2ccccc2CN1S(=O)(=O)c1cccs1. The zero-order valence-electron chi connectivity index (χ0n) is 16.7. The third-order valence-electron chi connectivity index (χ3n) is 5.29. The van der Waals surface area contributed by atoms with Crippen molar-refractivity contribution in [3.8, 4) is 0 Å². The van der Waals surface area contributed by atoms with Crippen molar-refractivity contribution in [2.45, 2.75) is 35.9 Å². The van der Waals surface area contributed by atoms with E-state index in [2.05, 4.69) is 5.32 Å². The number of benzene rings is 2. The lowest BCUT2D eigenvalue weighted by Crippen LogP contribution is -2.52. The molecule has 0 saturated heterocycles. The third kappa shape index (κ3) is 4.57. The second-order valence-corrected chi connectivity index (χ2v) is 10.5. The summed E-state index contributed by atoms with van der Waals surface area (Å²) >= 11 is 1.06. The second-order valence-electron chi connectivity index (χ2n) is 7.39. The molecule has 1 N–H and O–H groups in total. The van der Waals surface area contributed by atoms with Crippen molar-refractivity contribution in [2.24, 2.45) is 0 Å². The number of nitrogens with one attached hydrogen (secondary N) is 1. The van der Waals surface area contributed by atoms with Gasteiger partial charge in [0.2, 0.25) is 5.91 Å². The molecule has 1 aromatic heterocycles. The molecule has 1 unspecified atom stereocenters. The number of fused-ring (bicyclic) bond motifs is 1. The molecular weight excluding hydrogens is 461 g/mol. The molecule has 0 saturated carbocycles. The first-order valence-corrected chi connectivity index (χ1v) is 12.0. The Hall–Kier alpha value is -2.69. The lowest BCUT2D eigenvalue weighted by Gasteiger charge is -2.34. The number of alkyl halides is 3. The molecule has 1 amide bonds. The zero-order valence-corrected chi connectivity index (χ0v) is 18.3. The first-order chi connectivity index (χ1) is 15.2. The normalized spacial score (nSPS) is 17.0. The van der Waals surface area contributed by atoms with Crippen molar-refractivity contribution in [1.82, 2.24) is 9.62 Å². The van der Waals surface area contributed by atoms with E-state index in [-0.39, 0.29) is 29.3 Å². The number of hydrogen-bond acceptors (Lipinski definition) is 4. The summed E-state index contributed by atoms with van der Waals surface area (Å²) in [6.07, 6.45) is -4.31. The van der Waals surface area contributed by atoms with Crippen molar-refractivity contribution >= 4 is 27.3 Å². The Morgan fingerprint density at radius 1 is 1.06 bits per heavy atom. The lowest BCUT2D eigenvalue weighted by molar-refractivity contribution is -0.137. The minimum absolute atomic E-state index is 0.0397. The Bertz CT molecular complexity index is 1230. The van der Waals surface area contributed by atoms with Gasteiger partial charge in [-0.2, -0.15) is 17.5 Å². The number of nitrogens with zero attached hydrogens (tertiary/aromatic N) is 1. The van der Waals surface area contributed by atoms with Crippen LogP contribution in [0.5, 0.6) is 0 Å². The monoisotopic (exact) mass is 480 g/mol. The van der Waals surface area contributed by atoms with E-state index in [1.807, 2.05) is 24.3 Å². The smallest absolute Gasteiger partial charge is 0.351 e. The predicted octanol–water partition coefficient (Wildman–Crippen LogP) is 4.20. The highest BCUT2D eigenvalue weighted by Crippen LogP contribution is 2.31. The fourth-order valence-corrected chi connectivity index (χ4v) is 6.35. The topological polar surface area (TPSA) is 66.5 Å². The van der Waals surface area contributed by atoms with Gasteiger partial charge < -0.3 is 5.32 Å². The summed E-state index contributed by atoms with van der Waals surface area (Å²) in [4.78, 5) is 13.1. The van der Waals surface area contributed by atoms with Gasteiger partial charge in [-0.15, -0.1) is 11.3 Å². The summed E-state index contributed by atoms with van der Waals surface area (Å²) in [5.41, 5.74) is 1.15. The van der Waals surface area contributed by atoms with Crippen molar-refractivity contribution in [3.05, 3.63) is 88.3 Å². The first kappa shape index (κ1) is 22.5. The van der Waals surface area contributed by atoms with E-state index < -0.39 is 33.7 Å². The number of halogens is 3. The largest absolute Gasteiger partial charge is 0.416 e. The number of thiophene rings is 1.